The molecule has 2 heterocycles. The number of nitrogens with one attached hydrogen (secondary N) is 1. The van der Waals surface area contributed by atoms with Crippen molar-refractivity contribution in [1.29, 1.82) is 0 Å². The summed E-state index contributed by atoms with van der Waals surface area (Å²) in [6.07, 6.45) is 12.4. The number of ether oxygens (including phenoxy) is 1. The Bertz CT molecular complexity index is 539. The summed E-state index contributed by atoms with van der Waals surface area (Å²) in [6, 6.07) is 0. The van der Waals surface area contributed by atoms with Gasteiger partial charge < -0.3 is 15.0 Å². The van der Waals surface area contributed by atoms with Gasteiger partial charge in [0.15, 0.2) is 0 Å². The first-order valence-corrected chi connectivity index (χ1v) is 9.64. The fourth-order valence-electron chi connectivity index (χ4n) is 3.91. The van der Waals surface area contributed by atoms with Crippen LogP contribution in [0.1, 0.15) is 45.4 Å². The van der Waals surface area contributed by atoms with E-state index >= 15 is 0 Å². The number of rotatable bonds is 6. The zero-order valence-electron chi connectivity index (χ0n) is 15.2. The highest BCUT2D eigenvalue weighted by molar-refractivity contribution is 5.79. The average molecular weight is 346 g/mol. The van der Waals surface area contributed by atoms with Crippen LogP contribution in [-0.4, -0.2) is 48.2 Å². The lowest BCUT2D eigenvalue weighted by atomic mass is 9.88. The molecule has 0 radical (unpaired) electrons. The molecule has 0 bridgehead atoms. The molecule has 25 heavy (non-hydrogen) atoms. The summed E-state index contributed by atoms with van der Waals surface area (Å²) in [5.74, 6) is 1.65. The third-order valence-electron chi connectivity index (χ3n) is 5.43. The van der Waals surface area contributed by atoms with Gasteiger partial charge in [-0.25, -0.2) is 4.98 Å². The fourth-order valence-corrected chi connectivity index (χ4v) is 3.91. The molecule has 1 aliphatic heterocycles. The predicted molar refractivity (Wildman–Crippen MR) is 97.4 cm³/mol. The number of piperidine rings is 1. The number of carbonyl (C=O) groups is 1. The highest BCUT2D eigenvalue weighted by Crippen LogP contribution is 2.26. The molecule has 0 spiro atoms. The van der Waals surface area contributed by atoms with Crippen molar-refractivity contribution in [2.45, 2.75) is 51.6 Å². The van der Waals surface area contributed by atoms with Crippen molar-refractivity contribution in [3.8, 4) is 0 Å². The van der Waals surface area contributed by atoms with Crippen molar-refractivity contribution in [3.63, 3.8) is 0 Å². The first-order valence-electron chi connectivity index (χ1n) is 9.64. The Morgan fingerprint density at radius 3 is 2.96 bits per heavy atom. The first-order chi connectivity index (χ1) is 12.2. The summed E-state index contributed by atoms with van der Waals surface area (Å²) in [5, 5.41) is 3.05. The molecule has 0 aromatic carbocycles. The van der Waals surface area contributed by atoms with Crippen LogP contribution in [0.2, 0.25) is 0 Å². The minimum atomic E-state index is 0.0179. The number of anilines is 1. The number of aromatic nitrogens is 2. The summed E-state index contributed by atoms with van der Waals surface area (Å²) >= 11 is 0. The minimum absolute atomic E-state index is 0.0179. The van der Waals surface area contributed by atoms with E-state index in [9.17, 15) is 4.79 Å². The Morgan fingerprint density at radius 2 is 2.16 bits per heavy atom. The predicted octanol–water partition coefficient (Wildman–Crippen LogP) is 2.40. The second-order valence-corrected chi connectivity index (χ2v) is 7.31. The number of hydrogen-bond acceptors (Lipinski definition) is 5. The number of hydrogen-bond donors (Lipinski definition) is 1. The van der Waals surface area contributed by atoms with Crippen LogP contribution in [-0.2, 0) is 9.53 Å². The first kappa shape index (κ1) is 18.1. The van der Waals surface area contributed by atoms with Crippen molar-refractivity contribution < 1.29 is 9.53 Å². The molecule has 1 N–H and O–H groups in total. The molecule has 1 saturated carbocycles. The van der Waals surface area contributed by atoms with Gasteiger partial charge in [-0.2, -0.15) is 0 Å². The van der Waals surface area contributed by atoms with Gasteiger partial charge in [-0.05, 0) is 31.6 Å². The van der Waals surface area contributed by atoms with E-state index in [-0.39, 0.29) is 11.8 Å². The van der Waals surface area contributed by atoms with Crippen molar-refractivity contribution >= 4 is 11.7 Å². The molecule has 2 fully saturated rings. The lowest BCUT2D eigenvalue weighted by molar-refractivity contribution is -0.125. The van der Waals surface area contributed by atoms with Crippen LogP contribution in [0.15, 0.2) is 18.6 Å². The summed E-state index contributed by atoms with van der Waals surface area (Å²) in [7, 11) is 0. The van der Waals surface area contributed by atoms with Gasteiger partial charge in [0.1, 0.15) is 5.82 Å². The molecule has 1 aromatic heterocycles. The van der Waals surface area contributed by atoms with E-state index in [4.69, 9.17) is 4.74 Å². The monoisotopic (exact) mass is 346 g/mol. The smallest absolute Gasteiger partial charge is 0.224 e. The van der Waals surface area contributed by atoms with E-state index in [1.807, 2.05) is 0 Å². The quantitative estimate of drug-likeness (QED) is 0.801. The molecule has 1 aliphatic carbocycles. The third kappa shape index (κ3) is 5.14. The Kier molecular flexibility index (Phi) is 6.62. The highest BCUT2D eigenvalue weighted by atomic mass is 16.5. The van der Waals surface area contributed by atoms with Crippen LogP contribution in [0, 0.1) is 11.8 Å². The molecule has 3 atom stereocenters. The molecule has 0 unspecified atom stereocenters. The van der Waals surface area contributed by atoms with Crippen LogP contribution < -0.4 is 10.2 Å². The van der Waals surface area contributed by atoms with E-state index in [0.29, 0.717) is 31.7 Å². The van der Waals surface area contributed by atoms with Gasteiger partial charge in [-0.1, -0.05) is 19.8 Å². The summed E-state index contributed by atoms with van der Waals surface area (Å²) < 4.78 is 5.98. The van der Waals surface area contributed by atoms with E-state index in [1.54, 1.807) is 18.6 Å². The van der Waals surface area contributed by atoms with Gasteiger partial charge in [0.2, 0.25) is 5.91 Å². The summed E-state index contributed by atoms with van der Waals surface area (Å²) in [5.41, 5.74) is 0. The largest absolute Gasteiger partial charge is 0.376 e. The van der Waals surface area contributed by atoms with Crippen LogP contribution in [0.25, 0.3) is 0 Å². The van der Waals surface area contributed by atoms with E-state index in [2.05, 4.69) is 27.1 Å². The van der Waals surface area contributed by atoms with Crippen molar-refractivity contribution in [2.24, 2.45) is 11.8 Å². The Morgan fingerprint density at radius 1 is 1.28 bits per heavy atom. The van der Waals surface area contributed by atoms with Crippen molar-refractivity contribution in [3.05, 3.63) is 18.6 Å². The molecule has 3 rings (SSSR count). The third-order valence-corrected chi connectivity index (χ3v) is 5.43. The lowest BCUT2D eigenvalue weighted by Crippen LogP contribution is -2.44. The normalized spacial score (nSPS) is 27.1. The maximum atomic E-state index is 12.5. The van der Waals surface area contributed by atoms with Crippen molar-refractivity contribution in [2.75, 3.05) is 31.1 Å². The van der Waals surface area contributed by atoms with Gasteiger partial charge in [0.25, 0.3) is 0 Å². The number of nitrogens with zero attached hydrogens (tertiary/aromatic N) is 3. The van der Waals surface area contributed by atoms with Crippen LogP contribution >= 0.6 is 0 Å². The fraction of sp³-hybridized carbons (Fsp3) is 0.737. The maximum absolute atomic E-state index is 12.5. The number of amides is 1. The average Bonchev–Trinajstić information content (AvgIpc) is 2.67. The molecule has 6 heteroatoms. The van der Waals surface area contributed by atoms with Gasteiger partial charge >= 0.3 is 0 Å². The SMILES string of the molecule is C[C@@H]1CCCC[C@H]1OCCNC(=O)[C@H]1CCCN(c2cnccn2)C1. The van der Waals surface area contributed by atoms with Crippen molar-refractivity contribution in [1.82, 2.24) is 15.3 Å². The van der Waals surface area contributed by atoms with Gasteiger partial charge in [-0.15, -0.1) is 0 Å². The molecular weight excluding hydrogens is 316 g/mol. The van der Waals surface area contributed by atoms with E-state index in [1.165, 1.54) is 19.3 Å². The van der Waals surface area contributed by atoms with E-state index in [0.717, 1.165) is 31.6 Å². The van der Waals surface area contributed by atoms with Crippen LogP contribution in [0.3, 0.4) is 0 Å². The Hall–Kier alpha value is -1.69. The Balaban J connectivity index is 1.39. The molecule has 1 aromatic rings. The van der Waals surface area contributed by atoms with Gasteiger partial charge in [-0.3, -0.25) is 9.78 Å². The zero-order chi connectivity index (χ0) is 17.5. The standard InChI is InChI=1S/C19H30N4O2/c1-15-5-2-3-7-17(15)25-12-10-22-19(24)16-6-4-11-23(14-16)18-13-20-8-9-21-18/h8-9,13,15-17H,2-7,10-12,14H2,1H3,(H,22,24)/t15-,16+,17-/m1/s1. The zero-order valence-corrected chi connectivity index (χ0v) is 15.2. The van der Waals surface area contributed by atoms with E-state index < -0.39 is 0 Å². The lowest BCUT2D eigenvalue weighted by Gasteiger charge is -2.32. The second kappa shape index (κ2) is 9.13. The summed E-state index contributed by atoms with van der Waals surface area (Å²) in [4.78, 5) is 23.1. The molecule has 2 aliphatic rings. The molecule has 1 saturated heterocycles. The summed E-state index contributed by atoms with van der Waals surface area (Å²) in [6.45, 7) is 5.13. The Labute approximate surface area is 150 Å². The van der Waals surface area contributed by atoms with Crippen LogP contribution in [0.4, 0.5) is 5.82 Å². The molecule has 1 amide bonds. The molecule has 138 valence electrons. The minimum Gasteiger partial charge on any atom is -0.376 e. The topological polar surface area (TPSA) is 67.3 Å². The van der Waals surface area contributed by atoms with Gasteiger partial charge in [0.05, 0.1) is 24.8 Å². The molecular formula is C19H30N4O2. The van der Waals surface area contributed by atoms with Crippen LogP contribution in [0.5, 0.6) is 0 Å². The highest BCUT2D eigenvalue weighted by Gasteiger charge is 2.26. The molecule has 6 nitrogen and oxygen atoms in total. The van der Waals surface area contributed by atoms with Gasteiger partial charge in [0, 0.05) is 32.0 Å². The number of carbonyl (C=O) groups excluding carboxylic acids is 1. The maximum Gasteiger partial charge on any atom is 0.224 e. The second-order valence-electron chi connectivity index (χ2n) is 7.31.